The standard InChI is InChI=1S/C23H22F2N4O3/c1-31-22(30)16-7-6-15-12-19(16)26-9-3-2-4-10-32-20-11-14(5-8-17(20)24)21-18(25)13-27-23(28-15)29-21/h5-8,11-13,26H,2-4,9-10H2,1H3,(H,27,28,29). The van der Waals surface area contributed by atoms with Gasteiger partial charge in [-0.15, -0.1) is 0 Å². The highest BCUT2D eigenvalue weighted by atomic mass is 19.1. The molecule has 0 aliphatic carbocycles. The van der Waals surface area contributed by atoms with E-state index in [1.54, 1.807) is 18.2 Å². The Hall–Kier alpha value is -3.75. The van der Waals surface area contributed by atoms with E-state index in [1.165, 1.54) is 25.3 Å². The number of ether oxygens (including phenoxy) is 2. The van der Waals surface area contributed by atoms with Crippen molar-refractivity contribution in [2.45, 2.75) is 19.3 Å². The summed E-state index contributed by atoms with van der Waals surface area (Å²) in [6, 6.07) is 9.17. The van der Waals surface area contributed by atoms with Gasteiger partial charge in [0.1, 0.15) is 5.69 Å². The average molecular weight is 440 g/mol. The second kappa shape index (κ2) is 9.59. The first-order valence-electron chi connectivity index (χ1n) is 10.2. The molecule has 0 radical (unpaired) electrons. The van der Waals surface area contributed by atoms with Crippen LogP contribution in [-0.4, -0.2) is 36.2 Å². The molecule has 2 aromatic carbocycles. The van der Waals surface area contributed by atoms with E-state index >= 15 is 0 Å². The number of halogens is 2. The Morgan fingerprint density at radius 2 is 1.97 bits per heavy atom. The zero-order valence-corrected chi connectivity index (χ0v) is 17.5. The predicted molar refractivity (Wildman–Crippen MR) is 116 cm³/mol. The number of hydrogen-bond donors (Lipinski definition) is 2. The molecule has 0 saturated carbocycles. The van der Waals surface area contributed by atoms with E-state index in [9.17, 15) is 13.6 Å². The third-order valence-corrected chi connectivity index (χ3v) is 5.02. The molecular formula is C23H22F2N4O3. The van der Waals surface area contributed by atoms with Gasteiger partial charge in [-0.25, -0.2) is 23.5 Å². The number of nitrogens with zero attached hydrogens (tertiary/aromatic N) is 2. The van der Waals surface area contributed by atoms with Crippen molar-refractivity contribution in [3.8, 4) is 17.0 Å². The largest absolute Gasteiger partial charge is 0.490 e. The normalized spacial score (nSPS) is 13.7. The number of rotatable bonds is 1. The van der Waals surface area contributed by atoms with Crippen molar-refractivity contribution in [3.63, 3.8) is 0 Å². The maximum absolute atomic E-state index is 14.5. The smallest absolute Gasteiger partial charge is 0.339 e. The molecule has 0 fully saturated rings. The molecule has 4 rings (SSSR count). The SMILES string of the molecule is COC(=O)c1ccc2cc1NCCCCCOc1cc(ccc1F)-c1nc(ncc1F)N2. The predicted octanol–water partition coefficient (Wildman–Crippen LogP) is 4.93. The van der Waals surface area contributed by atoms with Gasteiger partial charge in [0, 0.05) is 17.8 Å². The zero-order valence-electron chi connectivity index (χ0n) is 17.5. The summed E-state index contributed by atoms with van der Waals surface area (Å²) in [6.45, 7) is 0.941. The first kappa shape index (κ1) is 21.5. The molecule has 9 heteroatoms. The first-order chi connectivity index (χ1) is 15.5. The molecular weight excluding hydrogens is 418 g/mol. The molecule has 0 unspecified atom stereocenters. The minimum Gasteiger partial charge on any atom is -0.490 e. The van der Waals surface area contributed by atoms with Crippen LogP contribution in [0.15, 0.2) is 42.6 Å². The molecule has 3 aromatic rings. The number of esters is 1. The fraction of sp³-hybridized carbons (Fsp3) is 0.261. The van der Waals surface area contributed by atoms with Crippen LogP contribution < -0.4 is 15.4 Å². The van der Waals surface area contributed by atoms with E-state index < -0.39 is 17.6 Å². The van der Waals surface area contributed by atoms with E-state index in [1.807, 2.05) is 0 Å². The van der Waals surface area contributed by atoms with Crippen LogP contribution in [0, 0.1) is 11.6 Å². The molecule has 6 bridgehead atoms. The van der Waals surface area contributed by atoms with Crippen molar-refractivity contribution in [1.29, 1.82) is 0 Å². The molecule has 0 atom stereocenters. The van der Waals surface area contributed by atoms with Crippen LogP contribution in [0.3, 0.4) is 0 Å². The lowest BCUT2D eigenvalue weighted by Crippen LogP contribution is -2.10. The minimum absolute atomic E-state index is 0.0150. The topological polar surface area (TPSA) is 85.4 Å². The number of carbonyl (C=O) groups excluding carboxylic acids is 1. The van der Waals surface area contributed by atoms with Crippen LogP contribution in [0.4, 0.5) is 26.1 Å². The van der Waals surface area contributed by atoms with E-state index in [-0.39, 0.29) is 17.4 Å². The van der Waals surface area contributed by atoms with Gasteiger partial charge in [0.05, 0.1) is 31.2 Å². The quantitative estimate of drug-likeness (QED) is 0.519. The number of benzene rings is 2. The molecule has 1 aliphatic heterocycles. The summed E-state index contributed by atoms with van der Waals surface area (Å²) in [6.07, 6.45) is 3.41. The van der Waals surface area contributed by atoms with Crippen LogP contribution >= 0.6 is 0 Å². The number of carbonyl (C=O) groups is 1. The first-order valence-corrected chi connectivity index (χ1v) is 10.2. The van der Waals surface area contributed by atoms with Crippen LogP contribution in [0.25, 0.3) is 11.3 Å². The summed E-state index contributed by atoms with van der Waals surface area (Å²) in [4.78, 5) is 20.4. The summed E-state index contributed by atoms with van der Waals surface area (Å²) in [5.41, 5.74) is 1.98. The number of hydrogen-bond acceptors (Lipinski definition) is 7. The minimum atomic E-state index is -0.644. The summed E-state index contributed by atoms with van der Waals surface area (Å²) < 4.78 is 39.1. The summed E-state index contributed by atoms with van der Waals surface area (Å²) in [7, 11) is 1.32. The Kier molecular flexibility index (Phi) is 6.44. The lowest BCUT2D eigenvalue weighted by Gasteiger charge is -2.13. The third-order valence-electron chi connectivity index (χ3n) is 5.02. The van der Waals surface area contributed by atoms with E-state index in [2.05, 4.69) is 20.6 Å². The maximum atomic E-state index is 14.5. The van der Waals surface area contributed by atoms with Gasteiger partial charge in [-0.05, 0) is 55.7 Å². The van der Waals surface area contributed by atoms with Gasteiger partial charge in [-0.2, -0.15) is 0 Å². The van der Waals surface area contributed by atoms with E-state index in [4.69, 9.17) is 9.47 Å². The molecule has 32 heavy (non-hydrogen) atoms. The number of methoxy groups -OCH3 is 1. The van der Waals surface area contributed by atoms with Crippen molar-refractivity contribution < 1.29 is 23.0 Å². The Labute approximate surface area is 183 Å². The summed E-state index contributed by atoms with van der Waals surface area (Å²) in [5.74, 6) is -1.43. The lowest BCUT2D eigenvalue weighted by atomic mass is 10.1. The van der Waals surface area contributed by atoms with Gasteiger partial charge in [0.15, 0.2) is 17.4 Å². The van der Waals surface area contributed by atoms with Crippen LogP contribution in [0.2, 0.25) is 0 Å². The van der Waals surface area contributed by atoms with Crippen molar-refractivity contribution in [2.24, 2.45) is 0 Å². The van der Waals surface area contributed by atoms with Crippen molar-refractivity contribution in [1.82, 2.24) is 9.97 Å². The zero-order chi connectivity index (χ0) is 22.5. The van der Waals surface area contributed by atoms with Crippen LogP contribution in [0.5, 0.6) is 5.75 Å². The second-order valence-corrected chi connectivity index (χ2v) is 7.25. The molecule has 2 N–H and O–H groups in total. The molecule has 0 saturated heterocycles. The Balaban J connectivity index is 1.74. The fourth-order valence-corrected chi connectivity index (χ4v) is 3.39. The summed E-state index contributed by atoms with van der Waals surface area (Å²) >= 11 is 0. The Morgan fingerprint density at radius 3 is 2.81 bits per heavy atom. The van der Waals surface area contributed by atoms with Gasteiger partial charge >= 0.3 is 5.97 Å². The number of anilines is 3. The molecule has 1 aliphatic rings. The second-order valence-electron chi connectivity index (χ2n) is 7.25. The highest BCUT2D eigenvalue weighted by molar-refractivity contribution is 5.96. The van der Waals surface area contributed by atoms with Gasteiger partial charge < -0.3 is 20.1 Å². The van der Waals surface area contributed by atoms with Crippen molar-refractivity contribution in [3.05, 3.63) is 59.8 Å². The Bertz CT molecular complexity index is 1140. The lowest BCUT2D eigenvalue weighted by molar-refractivity contribution is 0.0602. The van der Waals surface area contributed by atoms with Gasteiger partial charge in [-0.1, -0.05) is 0 Å². The molecule has 166 valence electrons. The van der Waals surface area contributed by atoms with Crippen LogP contribution in [-0.2, 0) is 4.74 Å². The molecule has 7 nitrogen and oxygen atoms in total. The average Bonchev–Trinajstić information content (AvgIpc) is 2.80. The number of fused-ring (bicyclic) bond motifs is 7. The molecule has 2 heterocycles. The van der Waals surface area contributed by atoms with Gasteiger partial charge in [0.25, 0.3) is 0 Å². The number of nitrogens with one attached hydrogen (secondary N) is 2. The monoisotopic (exact) mass is 440 g/mol. The molecule has 1 aromatic heterocycles. The summed E-state index contributed by atoms with van der Waals surface area (Å²) in [5, 5.41) is 6.27. The molecule has 0 spiro atoms. The van der Waals surface area contributed by atoms with Crippen molar-refractivity contribution >= 4 is 23.3 Å². The highest BCUT2D eigenvalue weighted by Crippen LogP contribution is 2.29. The van der Waals surface area contributed by atoms with E-state index in [0.717, 1.165) is 19.0 Å². The molecule has 0 amide bonds. The van der Waals surface area contributed by atoms with Crippen LogP contribution in [0.1, 0.15) is 29.6 Å². The van der Waals surface area contributed by atoms with E-state index in [0.29, 0.717) is 42.1 Å². The fourth-order valence-electron chi connectivity index (χ4n) is 3.39. The van der Waals surface area contributed by atoms with Crippen molar-refractivity contribution in [2.75, 3.05) is 30.9 Å². The Morgan fingerprint density at radius 1 is 1.09 bits per heavy atom. The highest BCUT2D eigenvalue weighted by Gasteiger charge is 2.16. The van der Waals surface area contributed by atoms with Gasteiger partial charge in [0.2, 0.25) is 5.95 Å². The number of aromatic nitrogens is 2. The maximum Gasteiger partial charge on any atom is 0.339 e. The van der Waals surface area contributed by atoms with Gasteiger partial charge in [-0.3, -0.25) is 0 Å². The third kappa shape index (κ3) is 4.77.